The van der Waals surface area contributed by atoms with E-state index in [4.69, 9.17) is 23.2 Å². The fraction of sp³-hybridized carbons (Fsp3) is 0.278. The van der Waals surface area contributed by atoms with Gasteiger partial charge < -0.3 is 15.5 Å². The molecule has 0 atom stereocenters. The first-order chi connectivity index (χ1) is 11.6. The number of hydrogen-bond donors (Lipinski definition) is 2. The third-order valence-corrected chi connectivity index (χ3v) is 4.54. The summed E-state index contributed by atoms with van der Waals surface area (Å²) in [6.45, 7) is 2.41. The van der Waals surface area contributed by atoms with Crippen molar-refractivity contribution < 1.29 is 4.79 Å². The number of halogens is 2. The number of rotatable bonds is 5. The molecule has 126 valence electrons. The second-order valence-corrected chi connectivity index (χ2v) is 6.61. The second kappa shape index (κ2) is 7.77. The first-order valence-corrected chi connectivity index (χ1v) is 8.71. The average Bonchev–Trinajstić information content (AvgIpc) is 3.11. The van der Waals surface area contributed by atoms with E-state index in [1.165, 1.54) is 18.5 Å². The van der Waals surface area contributed by atoms with E-state index in [1.807, 2.05) is 12.1 Å². The second-order valence-electron chi connectivity index (χ2n) is 5.77. The predicted molar refractivity (Wildman–Crippen MR) is 101 cm³/mol. The van der Waals surface area contributed by atoms with Gasteiger partial charge in [-0.3, -0.25) is 4.79 Å². The van der Waals surface area contributed by atoms with Gasteiger partial charge in [0.25, 0.3) is 0 Å². The molecule has 1 aliphatic heterocycles. The normalized spacial score (nSPS) is 13.8. The summed E-state index contributed by atoms with van der Waals surface area (Å²) in [7, 11) is 0. The van der Waals surface area contributed by atoms with Crippen LogP contribution in [0.15, 0.2) is 42.5 Å². The minimum atomic E-state index is -0.164. The van der Waals surface area contributed by atoms with Gasteiger partial charge in [0.1, 0.15) is 0 Å². The minimum Gasteiger partial charge on any atom is -0.376 e. The highest BCUT2D eigenvalue weighted by atomic mass is 35.5. The Morgan fingerprint density at radius 1 is 1.04 bits per heavy atom. The summed E-state index contributed by atoms with van der Waals surface area (Å²) in [5, 5.41) is 6.84. The Morgan fingerprint density at radius 3 is 2.42 bits per heavy atom. The Kier molecular flexibility index (Phi) is 5.48. The molecule has 2 aromatic rings. The van der Waals surface area contributed by atoms with Crippen LogP contribution >= 0.6 is 23.2 Å². The molecule has 0 radical (unpaired) electrons. The van der Waals surface area contributed by atoms with Crippen LogP contribution in [-0.2, 0) is 4.79 Å². The lowest BCUT2D eigenvalue weighted by Crippen LogP contribution is -2.22. The molecule has 4 nitrogen and oxygen atoms in total. The van der Waals surface area contributed by atoms with Crippen molar-refractivity contribution in [2.45, 2.75) is 12.8 Å². The van der Waals surface area contributed by atoms with Gasteiger partial charge in [0.15, 0.2) is 0 Å². The Balaban J connectivity index is 1.52. The minimum absolute atomic E-state index is 0.164. The molecule has 0 unspecified atom stereocenters. The van der Waals surface area contributed by atoms with Gasteiger partial charge in [-0.05, 0) is 55.3 Å². The standard InChI is InChI=1S/C18H19Cl2N3O/c19-13-3-8-17(16(20)11-13)22-18(24)12-21-14-4-6-15(7-5-14)23-9-1-2-10-23/h3-8,11,21H,1-2,9-10,12H2,(H,22,24). The van der Waals surface area contributed by atoms with Crippen LogP contribution in [0.2, 0.25) is 10.0 Å². The van der Waals surface area contributed by atoms with Crippen molar-refractivity contribution >= 4 is 46.2 Å². The van der Waals surface area contributed by atoms with E-state index in [0.29, 0.717) is 15.7 Å². The maximum Gasteiger partial charge on any atom is 0.243 e. The van der Waals surface area contributed by atoms with E-state index in [1.54, 1.807) is 18.2 Å². The highest BCUT2D eigenvalue weighted by Crippen LogP contribution is 2.25. The van der Waals surface area contributed by atoms with Crippen molar-refractivity contribution in [2.24, 2.45) is 0 Å². The number of nitrogens with zero attached hydrogens (tertiary/aromatic N) is 1. The van der Waals surface area contributed by atoms with Gasteiger partial charge in [0.05, 0.1) is 17.3 Å². The number of anilines is 3. The molecule has 1 amide bonds. The molecule has 0 bridgehead atoms. The molecule has 0 aliphatic carbocycles. The number of hydrogen-bond acceptors (Lipinski definition) is 3. The summed E-state index contributed by atoms with van der Waals surface area (Å²) < 4.78 is 0. The SMILES string of the molecule is O=C(CNc1ccc(N2CCCC2)cc1)Nc1ccc(Cl)cc1Cl. The lowest BCUT2D eigenvalue weighted by atomic mass is 10.2. The van der Waals surface area contributed by atoms with Gasteiger partial charge in [0, 0.05) is 29.5 Å². The average molecular weight is 364 g/mol. The zero-order chi connectivity index (χ0) is 16.9. The molecule has 3 rings (SSSR count). The topological polar surface area (TPSA) is 44.4 Å². The van der Waals surface area contributed by atoms with Crippen LogP contribution in [0.3, 0.4) is 0 Å². The van der Waals surface area contributed by atoms with E-state index in [-0.39, 0.29) is 12.5 Å². The zero-order valence-corrected chi connectivity index (χ0v) is 14.7. The predicted octanol–water partition coefficient (Wildman–Crippen LogP) is 4.64. The van der Waals surface area contributed by atoms with Gasteiger partial charge in [-0.1, -0.05) is 23.2 Å². The molecule has 6 heteroatoms. The maximum absolute atomic E-state index is 12.0. The first kappa shape index (κ1) is 16.9. The van der Waals surface area contributed by atoms with Crippen LogP contribution in [0.25, 0.3) is 0 Å². The molecule has 1 aliphatic rings. The number of benzene rings is 2. The van der Waals surface area contributed by atoms with Crippen molar-refractivity contribution in [1.82, 2.24) is 0 Å². The van der Waals surface area contributed by atoms with Crippen LogP contribution < -0.4 is 15.5 Å². The number of amides is 1. The van der Waals surface area contributed by atoms with Crippen LogP contribution in [0, 0.1) is 0 Å². The third kappa shape index (κ3) is 4.34. The highest BCUT2D eigenvalue weighted by Gasteiger charge is 2.12. The summed E-state index contributed by atoms with van der Waals surface area (Å²) in [5.41, 5.74) is 2.70. The fourth-order valence-corrected chi connectivity index (χ4v) is 3.19. The Hall–Kier alpha value is -1.91. The van der Waals surface area contributed by atoms with Crippen LogP contribution in [-0.4, -0.2) is 25.5 Å². The number of carbonyl (C=O) groups is 1. The number of carbonyl (C=O) groups excluding carboxylic acids is 1. The third-order valence-electron chi connectivity index (χ3n) is 4.00. The van der Waals surface area contributed by atoms with E-state index in [9.17, 15) is 4.79 Å². The summed E-state index contributed by atoms with van der Waals surface area (Å²) in [6.07, 6.45) is 2.51. The largest absolute Gasteiger partial charge is 0.376 e. The Labute approximate surface area is 151 Å². The van der Waals surface area contributed by atoms with Gasteiger partial charge in [-0.2, -0.15) is 0 Å². The summed E-state index contributed by atoms with van der Waals surface area (Å²) in [5.74, 6) is -0.164. The molecule has 2 aromatic carbocycles. The lowest BCUT2D eigenvalue weighted by molar-refractivity contribution is -0.114. The monoisotopic (exact) mass is 363 g/mol. The van der Waals surface area contributed by atoms with Crippen molar-refractivity contribution in [3.8, 4) is 0 Å². The molecule has 24 heavy (non-hydrogen) atoms. The van der Waals surface area contributed by atoms with Gasteiger partial charge in [0.2, 0.25) is 5.91 Å². The van der Waals surface area contributed by atoms with Crippen molar-refractivity contribution in [2.75, 3.05) is 35.2 Å². The van der Waals surface area contributed by atoms with Gasteiger partial charge in [-0.25, -0.2) is 0 Å². The zero-order valence-electron chi connectivity index (χ0n) is 13.2. The van der Waals surface area contributed by atoms with Crippen molar-refractivity contribution in [3.05, 3.63) is 52.5 Å². The summed E-state index contributed by atoms with van der Waals surface area (Å²) >= 11 is 11.9. The molecule has 2 N–H and O–H groups in total. The summed E-state index contributed by atoms with van der Waals surface area (Å²) in [4.78, 5) is 14.4. The molecule has 0 spiro atoms. The van der Waals surface area contributed by atoms with Crippen LogP contribution in [0.4, 0.5) is 17.1 Å². The van der Waals surface area contributed by atoms with Gasteiger partial charge in [-0.15, -0.1) is 0 Å². The Morgan fingerprint density at radius 2 is 1.75 bits per heavy atom. The van der Waals surface area contributed by atoms with Crippen LogP contribution in [0.5, 0.6) is 0 Å². The quantitative estimate of drug-likeness (QED) is 0.812. The molecular weight excluding hydrogens is 345 g/mol. The van der Waals surface area contributed by atoms with Gasteiger partial charge >= 0.3 is 0 Å². The van der Waals surface area contributed by atoms with E-state index >= 15 is 0 Å². The smallest absolute Gasteiger partial charge is 0.243 e. The van der Waals surface area contributed by atoms with E-state index in [0.717, 1.165) is 18.8 Å². The Bertz CT molecular complexity index is 713. The molecule has 1 saturated heterocycles. The highest BCUT2D eigenvalue weighted by molar-refractivity contribution is 6.36. The maximum atomic E-state index is 12.0. The molecule has 0 aromatic heterocycles. The first-order valence-electron chi connectivity index (χ1n) is 7.95. The molecule has 1 fully saturated rings. The molecule has 0 saturated carbocycles. The molecular formula is C18H19Cl2N3O. The lowest BCUT2D eigenvalue weighted by Gasteiger charge is -2.18. The van der Waals surface area contributed by atoms with E-state index in [2.05, 4.69) is 27.7 Å². The van der Waals surface area contributed by atoms with Crippen LogP contribution in [0.1, 0.15) is 12.8 Å². The van der Waals surface area contributed by atoms with Crippen molar-refractivity contribution in [3.63, 3.8) is 0 Å². The molecule has 1 heterocycles. The summed E-state index contributed by atoms with van der Waals surface area (Å²) in [6, 6.07) is 13.1. The van der Waals surface area contributed by atoms with Crippen molar-refractivity contribution in [1.29, 1.82) is 0 Å². The number of nitrogens with one attached hydrogen (secondary N) is 2. The van der Waals surface area contributed by atoms with E-state index < -0.39 is 0 Å². The fourth-order valence-electron chi connectivity index (χ4n) is 2.73.